The van der Waals surface area contributed by atoms with Gasteiger partial charge in [-0.25, -0.2) is 4.98 Å². The molecule has 0 saturated heterocycles. The largest absolute Gasteiger partial charge is 0.380 e. The van der Waals surface area contributed by atoms with Crippen molar-refractivity contribution >= 4 is 43.7 Å². The van der Waals surface area contributed by atoms with Crippen LogP contribution in [-0.2, 0) is 13.0 Å². The number of aryl methyl sites for hydroxylation is 1. The van der Waals surface area contributed by atoms with Crippen LogP contribution in [0, 0.1) is 0 Å². The molecular formula is C16H15BrN2S. The van der Waals surface area contributed by atoms with Crippen LogP contribution in [0.2, 0.25) is 0 Å². The Balaban J connectivity index is 1.75. The molecule has 1 N–H and O–H groups in total. The van der Waals surface area contributed by atoms with Gasteiger partial charge in [-0.3, -0.25) is 0 Å². The van der Waals surface area contributed by atoms with Gasteiger partial charge < -0.3 is 5.32 Å². The molecule has 0 unspecified atom stereocenters. The molecule has 0 aliphatic rings. The zero-order valence-corrected chi connectivity index (χ0v) is 13.6. The molecule has 0 bridgehead atoms. The highest BCUT2D eigenvalue weighted by atomic mass is 79.9. The SMILES string of the molecule is CCc1ncc(CNc2ccc3cc(Br)ccc3c2)s1. The Bertz CT molecular complexity index is 736. The van der Waals surface area contributed by atoms with Gasteiger partial charge in [0.2, 0.25) is 0 Å². The van der Waals surface area contributed by atoms with E-state index in [2.05, 4.69) is 69.6 Å². The van der Waals surface area contributed by atoms with E-state index < -0.39 is 0 Å². The highest BCUT2D eigenvalue weighted by Gasteiger charge is 2.01. The van der Waals surface area contributed by atoms with Crippen molar-refractivity contribution in [3.05, 3.63) is 57.0 Å². The van der Waals surface area contributed by atoms with Gasteiger partial charge in [0, 0.05) is 21.2 Å². The Labute approximate surface area is 131 Å². The average Bonchev–Trinajstić information content (AvgIpc) is 2.93. The number of benzene rings is 2. The van der Waals surface area contributed by atoms with Crippen LogP contribution in [0.25, 0.3) is 10.8 Å². The lowest BCUT2D eigenvalue weighted by molar-refractivity contribution is 1.09. The van der Waals surface area contributed by atoms with E-state index in [0.717, 1.165) is 23.1 Å². The maximum atomic E-state index is 4.38. The molecule has 102 valence electrons. The van der Waals surface area contributed by atoms with Crippen molar-refractivity contribution in [2.24, 2.45) is 0 Å². The van der Waals surface area contributed by atoms with Crippen molar-refractivity contribution in [3.8, 4) is 0 Å². The number of thiazole rings is 1. The minimum atomic E-state index is 0.833. The summed E-state index contributed by atoms with van der Waals surface area (Å²) < 4.78 is 1.11. The Kier molecular flexibility index (Phi) is 4.03. The van der Waals surface area contributed by atoms with Gasteiger partial charge in [0.15, 0.2) is 0 Å². The normalized spacial score (nSPS) is 10.9. The molecule has 3 aromatic rings. The Morgan fingerprint density at radius 1 is 1.15 bits per heavy atom. The maximum Gasteiger partial charge on any atom is 0.0925 e. The number of fused-ring (bicyclic) bond motifs is 1. The third kappa shape index (κ3) is 3.02. The second-order valence-corrected chi connectivity index (χ2v) is 6.75. The van der Waals surface area contributed by atoms with E-state index in [1.807, 2.05) is 6.20 Å². The fraction of sp³-hybridized carbons (Fsp3) is 0.188. The van der Waals surface area contributed by atoms with Gasteiger partial charge >= 0.3 is 0 Å². The minimum Gasteiger partial charge on any atom is -0.380 e. The molecule has 0 fully saturated rings. The van der Waals surface area contributed by atoms with Gasteiger partial charge in [-0.2, -0.15) is 0 Å². The van der Waals surface area contributed by atoms with Crippen LogP contribution in [-0.4, -0.2) is 4.98 Å². The first-order valence-electron chi connectivity index (χ1n) is 6.61. The van der Waals surface area contributed by atoms with Crippen LogP contribution in [0.5, 0.6) is 0 Å². The molecule has 0 aliphatic carbocycles. The summed E-state index contributed by atoms with van der Waals surface area (Å²) in [4.78, 5) is 5.66. The number of anilines is 1. The molecule has 0 radical (unpaired) electrons. The summed E-state index contributed by atoms with van der Waals surface area (Å²) in [5.41, 5.74) is 1.14. The molecular weight excluding hydrogens is 332 g/mol. The quantitative estimate of drug-likeness (QED) is 0.699. The van der Waals surface area contributed by atoms with Crippen LogP contribution in [0.3, 0.4) is 0 Å². The molecule has 3 rings (SSSR count). The summed E-state index contributed by atoms with van der Waals surface area (Å²) in [6, 6.07) is 12.8. The van der Waals surface area contributed by atoms with Crippen LogP contribution >= 0.6 is 27.3 Å². The number of rotatable bonds is 4. The van der Waals surface area contributed by atoms with Crippen LogP contribution < -0.4 is 5.32 Å². The first-order valence-corrected chi connectivity index (χ1v) is 8.22. The third-order valence-electron chi connectivity index (χ3n) is 3.17. The summed E-state index contributed by atoms with van der Waals surface area (Å²) in [7, 11) is 0. The zero-order chi connectivity index (χ0) is 13.9. The lowest BCUT2D eigenvalue weighted by Crippen LogP contribution is -1.96. The van der Waals surface area contributed by atoms with Crippen molar-refractivity contribution in [1.29, 1.82) is 0 Å². The third-order valence-corrected chi connectivity index (χ3v) is 4.81. The summed E-state index contributed by atoms with van der Waals surface area (Å²) in [5, 5.41) is 7.16. The van der Waals surface area contributed by atoms with Crippen molar-refractivity contribution in [2.75, 3.05) is 5.32 Å². The summed E-state index contributed by atoms with van der Waals surface area (Å²) in [6.45, 7) is 2.97. The lowest BCUT2D eigenvalue weighted by atomic mass is 10.1. The molecule has 2 nitrogen and oxygen atoms in total. The van der Waals surface area contributed by atoms with Crippen molar-refractivity contribution in [1.82, 2.24) is 4.98 Å². The molecule has 0 atom stereocenters. The fourth-order valence-corrected chi connectivity index (χ4v) is 3.29. The Morgan fingerprint density at radius 3 is 2.75 bits per heavy atom. The number of hydrogen-bond donors (Lipinski definition) is 1. The number of hydrogen-bond acceptors (Lipinski definition) is 3. The van der Waals surface area contributed by atoms with Crippen LogP contribution in [0.1, 0.15) is 16.8 Å². The summed E-state index contributed by atoms with van der Waals surface area (Å²) in [5.74, 6) is 0. The lowest BCUT2D eigenvalue weighted by Gasteiger charge is -2.06. The van der Waals surface area contributed by atoms with Crippen molar-refractivity contribution in [3.63, 3.8) is 0 Å². The molecule has 0 spiro atoms. The first-order chi connectivity index (χ1) is 9.74. The predicted octanol–water partition coefficient (Wildman–Crippen LogP) is 5.23. The average molecular weight is 347 g/mol. The molecule has 4 heteroatoms. The Morgan fingerprint density at radius 2 is 1.95 bits per heavy atom. The topological polar surface area (TPSA) is 24.9 Å². The van der Waals surface area contributed by atoms with E-state index in [1.54, 1.807) is 11.3 Å². The number of nitrogens with one attached hydrogen (secondary N) is 1. The molecule has 1 aromatic heterocycles. The summed E-state index contributed by atoms with van der Waals surface area (Å²) >= 11 is 5.28. The predicted molar refractivity (Wildman–Crippen MR) is 90.5 cm³/mol. The highest BCUT2D eigenvalue weighted by molar-refractivity contribution is 9.10. The molecule has 2 aromatic carbocycles. The summed E-state index contributed by atoms with van der Waals surface area (Å²) in [6.07, 6.45) is 2.98. The van der Waals surface area contributed by atoms with E-state index in [4.69, 9.17) is 0 Å². The fourth-order valence-electron chi connectivity index (χ4n) is 2.11. The standard InChI is InChI=1S/C16H15BrN2S/c1-2-16-19-10-15(20-16)9-18-14-6-4-11-7-13(17)5-3-12(11)8-14/h3-8,10,18H,2,9H2,1H3. The van der Waals surface area contributed by atoms with Gasteiger partial charge in [0.05, 0.1) is 11.6 Å². The van der Waals surface area contributed by atoms with Gasteiger partial charge in [0.1, 0.15) is 0 Å². The highest BCUT2D eigenvalue weighted by Crippen LogP contribution is 2.23. The van der Waals surface area contributed by atoms with Gasteiger partial charge in [-0.15, -0.1) is 11.3 Å². The van der Waals surface area contributed by atoms with Crippen LogP contribution in [0.4, 0.5) is 5.69 Å². The number of halogens is 1. The molecule has 0 aliphatic heterocycles. The second-order valence-electron chi connectivity index (χ2n) is 4.63. The first kappa shape index (κ1) is 13.6. The monoisotopic (exact) mass is 346 g/mol. The molecule has 1 heterocycles. The van der Waals surface area contributed by atoms with Crippen molar-refractivity contribution < 1.29 is 0 Å². The van der Waals surface area contributed by atoms with Gasteiger partial charge in [-0.1, -0.05) is 35.0 Å². The minimum absolute atomic E-state index is 0.833. The maximum absolute atomic E-state index is 4.38. The van der Waals surface area contributed by atoms with E-state index in [1.165, 1.54) is 20.7 Å². The van der Waals surface area contributed by atoms with Crippen LogP contribution in [0.15, 0.2) is 47.1 Å². The molecule has 20 heavy (non-hydrogen) atoms. The molecule has 0 saturated carbocycles. The number of nitrogens with zero attached hydrogens (tertiary/aromatic N) is 1. The van der Waals surface area contributed by atoms with Crippen molar-refractivity contribution in [2.45, 2.75) is 19.9 Å². The number of aromatic nitrogens is 1. The zero-order valence-electron chi connectivity index (χ0n) is 11.2. The van der Waals surface area contributed by atoms with E-state index in [0.29, 0.717) is 0 Å². The van der Waals surface area contributed by atoms with E-state index >= 15 is 0 Å². The second kappa shape index (κ2) is 5.94. The van der Waals surface area contributed by atoms with E-state index in [9.17, 15) is 0 Å². The van der Waals surface area contributed by atoms with Gasteiger partial charge in [-0.05, 0) is 41.5 Å². The van der Waals surface area contributed by atoms with Gasteiger partial charge in [0.25, 0.3) is 0 Å². The Hall–Kier alpha value is -1.39. The van der Waals surface area contributed by atoms with E-state index in [-0.39, 0.29) is 0 Å². The molecule has 0 amide bonds. The smallest absolute Gasteiger partial charge is 0.0925 e.